The van der Waals surface area contributed by atoms with E-state index in [4.69, 9.17) is 16.3 Å². The lowest BCUT2D eigenvalue weighted by atomic mass is 10.1. The number of halogens is 1. The number of anilines is 1. The first kappa shape index (κ1) is 20.4. The van der Waals surface area contributed by atoms with Crippen LogP contribution in [-0.4, -0.2) is 47.4 Å². The quantitative estimate of drug-likeness (QED) is 0.565. The summed E-state index contributed by atoms with van der Waals surface area (Å²) in [5.41, 5.74) is 8.04. The fraction of sp³-hybridized carbons (Fsp3) is 0.318. The van der Waals surface area contributed by atoms with Crippen LogP contribution < -0.4 is 11.0 Å². The monoisotopic (exact) mass is 425 g/mol. The van der Waals surface area contributed by atoms with Crippen LogP contribution in [0.2, 0.25) is 5.02 Å². The Balaban J connectivity index is 1.61. The number of H-pyrrole nitrogens is 1. The molecule has 30 heavy (non-hydrogen) atoms. The molecule has 1 fully saturated rings. The Morgan fingerprint density at radius 1 is 1.23 bits per heavy atom. The van der Waals surface area contributed by atoms with Gasteiger partial charge >= 0.3 is 0 Å². The van der Waals surface area contributed by atoms with E-state index < -0.39 is 0 Å². The van der Waals surface area contributed by atoms with Gasteiger partial charge in [-0.15, -0.1) is 0 Å². The van der Waals surface area contributed by atoms with E-state index in [0.717, 1.165) is 55.3 Å². The molecule has 1 aliphatic heterocycles. The maximum Gasteiger partial charge on any atom is 0.252 e. The molecule has 0 saturated carbocycles. The Morgan fingerprint density at radius 3 is 2.73 bits per heavy atom. The molecule has 0 unspecified atom stereocenters. The number of rotatable bonds is 5. The number of nitrogens with one attached hydrogen (secondary N) is 2. The molecule has 1 aromatic carbocycles. The normalized spacial score (nSPS) is 18.6. The Kier molecular flexibility index (Phi) is 6.30. The SMILES string of the molecule is Cc1cc(=O)[nH]c(NN=CC2=C(N3CCOCC3)/C(=C/c3ccc(Cl)cc3)CC2)n1. The van der Waals surface area contributed by atoms with Gasteiger partial charge in [0.05, 0.1) is 19.4 Å². The van der Waals surface area contributed by atoms with E-state index >= 15 is 0 Å². The summed E-state index contributed by atoms with van der Waals surface area (Å²) in [4.78, 5) is 20.8. The predicted molar refractivity (Wildman–Crippen MR) is 120 cm³/mol. The van der Waals surface area contributed by atoms with Crippen molar-refractivity contribution in [3.63, 3.8) is 0 Å². The molecule has 1 saturated heterocycles. The van der Waals surface area contributed by atoms with Gasteiger partial charge in [-0.1, -0.05) is 23.7 Å². The number of morpholine rings is 1. The molecule has 2 N–H and O–H groups in total. The summed E-state index contributed by atoms with van der Waals surface area (Å²) in [6.07, 6.45) is 5.88. The van der Waals surface area contributed by atoms with E-state index in [9.17, 15) is 4.79 Å². The number of allylic oxidation sites excluding steroid dienone is 2. The molecule has 0 spiro atoms. The van der Waals surface area contributed by atoms with Crippen LogP contribution in [0.15, 0.2) is 57.1 Å². The van der Waals surface area contributed by atoms with Crippen molar-refractivity contribution in [1.82, 2.24) is 14.9 Å². The van der Waals surface area contributed by atoms with Crippen molar-refractivity contribution in [1.29, 1.82) is 0 Å². The molecule has 0 radical (unpaired) electrons. The molecule has 0 amide bonds. The maximum absolute atomic E-state index is 11.6. The number of aromatic amines is 1. The highest BCUT2D eigenvalue weighted by molar-refractivity contribution is 6.30. The van der Waals surface area contributed by atoms with Crippen LogP contribution in [0.5, 0.6) is 0 Å². The van der Waals surface area contributed by atoms with E-state index in [1.54, 1.807) is 6.92 Å². The molecule has 4 rings (SSSR count). The lowest BCUT2D eigenvalue weighted by Crippen LogP contribution is -2.36. The topological polar surface area (TPSA) is 82.6 Å². The van der Waals surface area contributed by atoms with Crippen LogP contribution in [0.3, 0.4) is 0 Å². The van der Waals surface area contributed by atoms with Gasteiger partial charge in [0.1, 0.15) is 0 Å². The first-order valence-electron chi connectivity index (χ1n) is 9.98. The summed E-state index contributed by atoms with van der Waals surface area (Å²) in [6, 6.07) is 9.31. The molecule has 0 bridgehead atoms. The lowest BCUT2D eigenvalue weighted by molar-refractivity contribution is 0.0548. The van der Waals surface area contributed by atoms with Gasteiger partial charge in [0, 0.05) is 35.6 Å². The Hall–Kier alpha value is -2.90. The number of aromatic nitrogens is 2. The van der Waals surface area contributed by atoms with Crippen molar-refractivity contribution < 1.29 is 4.74 Å². The summed E-state index contributed by atoms with van der Waals surface area (Å²) in [5, 5.41) is 5.07. The summed E-state index contributed by atoms with van der Waals surface area (Å²) in [5.74, 6) is 0.333. The molecule has 1 aliphatic carbocycles. The minimum absolute atomic E-state index is 0.206. The van der Waals surface area contributed by atoms with E-state index in [1.807, 2.05) is 30.5 Å². The van der Waals surface area contributed by atoms with E-state index in [-0.39, 0.29) is 5.56 Å². The van der Waals surface area contributed by atoms with E-state index in [2.05, 4.69) is 31.5 Å². The number of aryl methyl sites for hydroxylation is 1. The second-order valence-electron chi connectivity index (χ2n) is 7.30. The Morgan fingerprint density at radius 2 is 2.00 bits per heavy atom. The molecule has 2 aliphatic rings. The third-order valence-corrected chi connectivity index (χ3v) is 5.32. The van der Waals surface area contributed by atoms with Crippen LogP contribution in [0.1, 0.15) is 24.1 Å². The molecular formula is C22H24ClN5O2. The average Bonchev–Trinajstić information content (AvgIpc) is 3.12. The number of hydrogen-bond donors (Lipinski definition) is 2. The fourth-order valence-corrected chi connectivity index (χ4v) is 3.86. The number of benzene rings is 1. The maximum atomic E-state index is 11.6. The minimum Gasteiger partial charge on any atom is -0.378 e. The third kappa shape index (κ3) is 4.98. The molecule has 8 heteroatoms. The van der Waals surface area contributed by atoms with Crippen LogP contribution in [-0.2, 0) is 4.74 Å². The summed E-state index contributed by atoms with van der Waals surface area (Å²) < 4.78 is 5.54. The van der Waals surface area contributed by atoms with Crippen molar-refractivity contribution in [2.75, 3.05) is 31.7 Å². The molecule has 1 aromatic heterocycles. The Labute approximate surface area is 180 Å². The standard InChI is InChI=1S/C22H24ClN5O2/c1-15-12-20(29)26-22(25-15)27-24-14-18-5-4-17(13-16-2-6-19(23)7-3-16)21(18)28-8-10-30-11-9-28/h2-3,6-7,12-14H,4-5,8-11H2,1H3,(H2,25,26,27,29)/b17-13+,24-14?. The molecule has 7 nitrogen and oxygen atoms in total. The number of hydrazone groups is 1. The van der Waals surface area contributed by atoms with Crippen LogP contribution in [0, 0.1) is 6.92 Å². The molecule has 2 aromatic rings. The van der Waals surface area contributed by atoms with Gasteiger partial charge in [0.2, 0.25) is 5.95 Å². The average molecular weight is 426 g/mol. The highest BCUT2D eigenvalue weighted by Crippen LogP contribution is 2.35. The highest BCUT2D eigenvalue weighted by Gasteiger charge is 2.25. The van der Waals surface area contributed by atoms with Crippen LogP contribution in [0.4, 0.5) is 5.95 Å². The van der Waals surface area contributed by atoms with Gasteiger partial charge in [0.15, 0.2) is 0 Å². The van der Waals surface area contributed by atoms with E-state index in [1.165, 1.54) is 17.3 Å². The van der Waals surface area contributed by atoms with Gasteiger partial charge in [-0.2, -0.15) is 5.10 Å². The number of ether oxygens (including phenoxy) is 1. The van der Waals surface area contributed by atoms with Gasteiger partial charge in [-0.25, -0.2) is 10.4 Å². The van der Waals surface area contributed by atoms with Gasteiger partial charge in [0.25, 0.3) is 5.56 Å². The summed E-state index contributed by atoms with van der Waals surface area (Å²) in [6.45, 7) is 4.91. The first-order valence-corrected chi connectivity index (χ1v) is 10.4. The second-order valence-corrected chi connectivity index (χ2v) is 7.74. The lowest BCUT2D eigenvalue weighted by Gasteiger charge is -2.31. The van der Waals surface area contributed by atoms with Crippen molar-refractivity contribution in [3.8, 4) is 0 Å². The fourth-order valence-electron chi connectivity index (χ4n) is 3.74. The van der Waals surface area contributed by atoms with Gasteiger partial charge in [-0.3, -0.25) is 9.78 Å². The van der Waals surface area contributed by atoms with Crippen LogP contribution in [0.25, 0.3) is 6.08 Å². The van der Waals surface area contributed by atoms with Crippen molar-refractivity contribution >= 4 is 29.8 Å². The zero-order valence-corrected chi connectivity index (χ0v) is 17.6. The number of hydrogen-bond acceptors (Lipinski definition) is 6. The summed E-state index contributed by atoms with van der Waals surface area (Å²) >= 11 is 6.03. The Bertz CT molecular complexity index is 1050. The second kappa shape index (κ2) is 9.28. The van der Waals surface area contributed by atoms with Crippen molar-refractivity contribution in [2.45, 2.75) is 19.8 Å². The third-order valence-electron chi connectivity index (χ3n) is 5.07. The van der Waals surface area contributed by atoms with Gasteiger partial charge in [-0.05, 0) is 54.7 Å². The zero-order valence-electron chi connectivity index (χ0n) is 16.8. The molecule has 156 valence electrons. The molecule has 0 atom stereocenters. The molecule has 2 heterocycles. The highest BCUT2D eigenvalue weighted by atomic mass is 35.5. The number of nitrogens with zero attached hydrogens (tertiary/aromatic N) is 3. The van der Waals surface area contributed by atoms with E-state index in [0.29, 0.717) is 11.6 Å². The van der Waals surface area contributed by atoms with Gasteiger partial charge < -0.3 is 9.64 Å². The predicted octanol–water partition coefficient (Wildman–Crippen LogP) is 3.59. The minimum atomic E-state index is -0.206. The van der Waals surface area contributed by atoms with Crippen LogP contribution >= 0.6 is 11.6 Å². The molecular weight excluding hydrogens is 402 g/mol. The smallest absolute Gasteiger partial charge is 0.252 e. The zero-order chi connectivity index (χ0) is 20.9. The van der Waals surface area contributed by atoms with Crippen molar-refractivity contribution in [2.24, 2.45) is 5.10 Å². The first-order chi connectivity index (χ1) is 14.6. The van der Waals surface area contributed by atoms with Crippen molar-refractivity contribution in [3.05, 3.63) is 73.8 Å². The summed E-state index contributed by atoms with van der Waals surface area (Å²) in [7, 11) is 0. The largest absolute Gasteiger partial charge is 0.378 e.